The Bertz CT molecular complexity index is 938. The molecule has 2 N–H and O–H groups in total. The number of ether oxygens (including phenoxy) is 1. The summed E-state index contributed by atoms with van der Waals surface area (Å²) in [7, 11) is -1.91. The molecule has 1 amide bonds. The lowest BCUT2D eigenvalue weighted by molar-refractivity contribution is -0.127. The molecular weight excluding hydrogens is 388 g/mol. The van der Waals surface area contributed by atoms with Crippen LogP contribution in [0.1, 0.15) is 48.9 Å². The number of hydrogen-bond donors (Lipinski definition) is 2. The van der Waals surface area contributed by atoms with Gasteiger partial charge in [0.1, 0.15) is 5.75 Å². The monoisotopic (exact) mass is 418 g/mol. The number of nitrogens with one attached hydrogen (secondary N) is 2. The number of hydrogen-bond acceptors (Lipinski definition) is 4. The van der Waals surface area contributed by atoms with Crippen LogP contribution in [0.5, 0.6) is 5.75 Å². The molecule has 0 bridgehead atoms. The van der Waals surface area contributed by atoms with Crippen LogP contribution in [-0.4, -0.2) is 27.5 Å². The molecule has 2 aromatic rings. The fourth-order valence-electron chi connectivity index (χ4n) is 3.00. The van der Waals surface area contributed by atoms with E-state index in [2.05, 4.69) is 23.9 Å². The van der Waals surface area contributed by atoms with Crippen molar-refractivity contribution in [2.24, 2.45) is 0 Å². The van der Waals surface area contributed by atoms with Gasteiger partial charge in [-0.3, -0.25) is 4.79 Å². The lowest BCUT2D eigenvalue weighted by atomic mass is 9.98. The highest BCUT2D eigenvalue weighted by Gasteiger charge is 2.15. The molecule has 0 saturated carbocycles. The summed E-state index contributed by atoms with van der Waals surface area (Å²) in [6.07, 6.45) is -0.626. The van der Waals surface area contributed by atoms with Crippen molar-refractivity contribution in [3.8, 4) is 5.75 Å². The average Bonchev–Trinajstić information content (AvgIpc) is 2.66. The normalized spacial score (nSPS) is 12.6. The summed E-state index contributed by atoms with van der Waals surface area (Å²) in [5.74, 6) is 0.826. The third kappa shape index (κ3) is 6.87. The van der Waals surface area contributed by atoms with Crippen LogP contribution in [0.3, 0.4) is 0 Å². The van der Waals surface area contributed by atoms with Gasteiger partial charge in [0, 0.05) is 6.54 Å². The highest BCUT2D eigenvalue weighted by Crippen LogP contribution is 2.24. The molecule has 0 aromatic heterocycles. The first-order chi connectivity index (χ1) is 13.6. The Hall–Kier alpha value is -2.38. The number of amides is 1. The molecule has 29 heavy (non-hydrogen) atoms. The number of rotatable bonds is 9. The number of sulfonamides is 1. The largest absolute Gasteiger partial charge is 0.481 e. The van der Waals surface area contributed by atoms with Gasteiger partial charge in [-0.25, -0.2) is 13.1 Å². The Kier molecular flexibility index (Phi) is 7.81. The highest BCUT2D eigenvalue weighted by atomic mass is 32.2. The topological polar surface area (TPSA) is 84.5 Å². The fraction of sp³-hybridized carbons (Fsp3) is 0.409. The Balaban J connectivity index is 1.89. The fourth-order valence-corrected chi connectivity index (χ4v) is 3.78. The summed E-state index contributed by atoms with van der Waals surface area (Å²) < 4.78 is 31.2. The molecule has 2 aromatic carbocycles. The molecule has 158 valence electrons. The minimum atomic E-state index is -3.30. The van der Waals surface area contributed by atoms with E-state index in [0.29, 0.717) is 23.8 Å². The quantitative estimate of drug-likeness (QED) is 0.655. The van der Waals surface area contributed by atoms with E-state index in [0.717, 1.165) is 11.1 Å². The van der Waals surface area contributed by atoms with Crippen molar-refractivity contribution in [1.29, 1.82) is 0 Å². The molecule has 0 aliphatic rings. The molecule has 1 unspecified atom stereocenters. The Morgan fingerprint density at radius 2 is 1.66 bits per heavy atom. The average molecular weight is 419 g/mol. The van der Waals surface area contributed by atoms with Crippen molar-refractivity contribution >= 4 is 15.9 Å². The molecule has 0 radical (unpaired) electrons. The molecule has 0 heterocycles. The van der Waals surface area contributed by atoms with Crippen LogP contribution in [0.15, 0.2) is 42.5 Å². The van der Waals surface area contributed by atoms with E-state index in [9.17, 15) is 13.2 Å². The van der Waals surface area contributed by atoms with Crippen LogP contribution in [0.2, 0.25) is 0 Å². The van der Waals surface area contributed by atoms with Crippen LogP contribution >= 0.6 is 0 Å². The number of carbonyl (C=O) groups is 1. The smallest absolute Gasteiger partial charge is 0.261 e. The first-order valence-corrected chi connectivity index (χ1v) is 11.3. The first-order valence-electron chi connectivity index (χ1n) is 9.65. The lowest BCUT2D eigenvalue weighted by Gasteiger charge is -2.17. The highest BCUT2D eigenvalue weighted by molar-refractivity contribution is 7.88. The van der Waals surface area contributed by atoms with Gasteiger partial charge in [0.15, 0.2) is 6.10 Å². The lowest BCUT2D eigenvalue weighted by Crippen LogP contribution is -2.35. The van der Waals surface area contributed by atoms with E-state index in [1.54, 1.807) is 31.2 Å². The standard InChI is InChI=1S/C22H30N2O4S/c1-15(2)21-11-10-20(12-16(21)3)28-17(4)22(25)24-13-18-6-8-19(9-7-18)14-29(26,27)23-5/h6-12,15,17,23H,13-14H2,1-5H3,(H,24,25). The van der Waals surface area contributed by atoms with E-state index in [1.165, 1.54) is 12.6 Å². The van der Waals surface area contributed by atoms with Crippen LogP contribution in [0.25, 0.3) is 0 Å². The van der Waals surface area contributed by atoms with Crippen molar-refractivity contribution in [3.63, 3.8) is 0 Å². The van der Waals surface area contributed by atoms with Crippen LogP contribution in [-0.2, 0) is 27.1 Å². The first kappa shape index (κ1) is 22.9. The van der Waals surface area contributed by atoms with Crippen molar-refractivity contribution in [2.75, 3.05) is 7.05 Å². The van der Waals surface area contributed by atoms with E-state index in [1.807, 2.05) is 25.1 Å². The van der Waals surface area contributed by atoms with Gasteiger partial charge in [-0.2, -0.15) is 0 Å². The van der Waals surface area contributed by atoms with Gasteiger partial charge in [0.05, 0.1) is 5.75 Å². The van der Waals surface area contributed by atoms with Crippen molar-refractivity contribution in [1.82, 2.24) is 10.0 Å². The summed E-state index contributed by atoms with van der Waals surface area (Å²) in [5.41, 5.74) is 3.98. The van der Waals surface area contributed by atoms with Crippen molar-refractivity contribution in [3.05, 3.63) is 64.7 Å². The minimum absolute atomic E-state index is 0.0734. The predicted octanol–water partition coefficient (Wildman–Crippen LogP) is 3.25. The number of aryl methyl sites for hydroxylation is 1. The van der Waals surface area contributed by atoms with Gasteiger partial charge in [-0.15, -0.1) is 0 Å². The molecule has 0 aliphatic carbocycles. The maximum atomic E-state index is 12.4. The Labute approximate surface area is 173 Å². The third-order valence-electron chi connectivity index (χ3n) is 4.70. The zero-order valence-corrected chi connectivity index (χ0v) is 18.5. The van der Waals surface area contributed by atoms with E-state index in [4.69, 9.17) is 4.74 Å². The summed E-state index contributed by atoms with van der Waals surface area (Å²) >= 11 is 0. The van der Waals surface area contributed by atoms with Crippen molar-refractivity contribution in [2.45, 2.75) is 52.0 Å². The van der Waals surface area contributed by atoms with Crippen LogP contribution in [0.4, 0.5) is 0 Å². The van der Waals surface area contributed by atoms with Gasteiger partial charge in [-0.1, -0.05) is 44.2 Å². The maximum absolute atomic E-state index is 12.4. The molecule has 1 atom stereocenters. The second-order valence-corrected chi connectivity index (χ2v) is 9.36. The molecule has 0 saturated heterocycles. The van der Waals surface area contributed by atoms with E-state index < -0.39 is 16.1 Å². The van der Waals surface area contributed by atoms with Gasteiger partial charge < -0.3 is 10.1 Å². The summed E-state index contributed by atoms with van der Waals surface area (Å²) in [4.78, 5) is 12.4. The van der Waals surface area contributed by atoms with Gasteiger partial charge in [-0.05, 0) is 61.2 Å². The summed E-state index contributed by atoms with van der Waals surface area (Å²) in [5, 5.41) is 2.85. The number of benzene rings is 2. The molecule has 2 rings (SSSR count). The SMILES string of the molecule is CNS(=O)(=O)Cc1ccc(CNC(=O)C(C)Oc2ccc(C(C)C)c(C)c2)cc1. The van der Waals surface area contributed by atoms with Gasteiger partial charge in [0.25, 0.3) is 5.91 Å². The van der Waals surface area contributed by atoms with E-state index in [-0.39, 0.29) is 11.7 Å². The minimum Gasteiger partial charge on any atom is -0.481 e. The Morgan fingerprint density at radius 3 is 2.21 bits per heavy atom. The van der Waals surface area contributed by atoms with Gasteiger partial charge >= 0.3 is 0 Å². The van der Waals surface area contributed by atoms with E-state index >= 15 is 0 Å². The Morgan fingerprint density at radius 1 is 1.03 bits per heavy atom. The van der Waals surface area contributed by atoms with Crippen LogP contribution in [0, 0.1) is 6.92 Å². The van der Waals surface area contributed by atoms with Crippen molar-refractivity contribution < 1.29 is 17.9 Å². The zero-order chi connectivity index (χ0) is 21.6. The third-order valence-corrected chi connectivity index (χ3v) is 6.04. The zero-order valence-electron chi connectivity index (χ0n) is 17.7. The second kappa shape index (κ2) is 9.89. The molecule has 0 fully saturated rings. The molecule has 7 heteroatoms. The molecular formula is C22H30N2O4S. The number of carbonyl (C=O) groups excluding carboxylic acids is 1. The van der Waals surface area contributed by atoms with Gasteiger partial charge in [0.2, 0.25) is 10.0 Å². The predicted molar refractivity (Wildman–Crippen MR) is 115 cm³/mol. The molecule has 0 spiro atoms. The molecule has 0 aliphatic heterocycles. The summed E-state index contributed by atoms with van der Waals surface area (Å²) in [6, 6.07) is 13.0. The second-order valence-electron chi connectivity index (χ2n) is 7.43. The molecule has 6 nitrogen and oxygen atoms in total. The maximum Gasteiger partial charge on any atom is 0.261 e. The van der Waals surface area contributed by atoms with Crippen LogP contribution < -0.4 is 14.8 Å². The summed E-state index contributed by atoms with van der Waals surface area (Å²) in [6.45, 7) is 8.39.